The predicted octanol–water partition coefficient (Wildman–Crippen LogP) is 3.35. The molecule has 1 aliphatic carbocycles. The molecule has 0 unspecified atom stereocenters. The van der Waals surface area contributed by atoms with E-state index in [1.54, 1.807) is 6.92 Å². The first-order chi connectivity index (χ1) is 12.3. The minimum Gasteiger partial charge on any atom is -0.481 e. The number of aryl methyl sites for hydroxylation is 2. The summed E-state index contributed by atoms with van der Waals surface area (Å²) in [6.45, 7) is 5.53. The molecule has 0 radical (unpaired) electrons. The van der Waals surface area contributed by atoms with Crippen LogP contribution in [-0.4, -0.2) is 27.1 Å². The van der Waals surface area contributed by atoms with Gasteiger partial charge in [0.25, 0.3) is 0 Å². The molecular formula is C21H23NO4. The van der Waals surface area contributed by atoms with E-state index < -0.39 is 23.8 Å². The third-order valence-corrected chi connectivity index (χ3v) is 5.19. The number of carboxylic acid groups (broad SMARTS) is 2. The molecule has 1 aromatic carbocycles. The molecule has 3 rings (SSSR count). The summed E-state index contributed by atoms with van der Waals surface area (Å²) in [5, 5.41) is 19.1. The Hall–Kier alpha value is -2.69. The van der Waals surface area contributed by atoms with Gasteiger partial charge in [-0.15, -0.1) is 0 Å². The topological polar surface area (TPSA) is 87.5 Å². The lowest BCUT2D eigenvalue weighted by Gasteiger charge is -2.22. The van der Waals surface area contributed by atoms with Crippen molar-refractivity contribution in [2.75, 3.05) is 0 Å². The first-order valence-electron chi connectivity index (χ1n) is 8.79. The zero-order chi connectivity index (χ0) is 19.0. The molecule has 136 valence electrons. The van der Waals surface area contributed by atoms with Gasteiger partial charge in [-0.05, 0) is 49.4 Å². The quantitative estimate of drug-likeness (QED) is 0.861. The lowest BCUT2D eigenvalue weighted by molar-refractivity contribution is -0.142. The number of hydrogen-bond donors (Lipinski definition) is 2. The summed E-state index contributed by atoms with van der Waals surface area (Å²) in [5.74, 6) is -3.17. The van der Waals surface area contributed by atoms with E-state index in [-0.39, 0.29) is 5.92 Å². The zero-order valence-electron chi connectivity index (χ0n) is 15.2. The van der Waals surface area contributed by atoms with Crippen molar-refractivity contribution in [3.63, 3.8) is 0 Å². The summed E-state index contributed by atoms with van der Waals surface area (Å²) in [5.41, 5.74) is 5.44. The molecule has 2 aromatic rings. The van der Waals surface area contributed by atoms with Gasteiger partial charge in [0.1, 0.15) is 0 Å². The van der Waals surface area contributed by atoms with E-state index in [9.17, 15) is 19.8 Å². The maximum Gasteiger partial charge on any atom is 0.307 e. The Balaban J connectivity index is 2.13. The second-order valence-corrected chi connectivity index (χ2v) is 7.27. The molecular weight excluding hydrogens is 330 g/mol. The molecule has 0 saturated carbocycles. The summed E-state index contributed by atoms with van der Waals surface area (Å²) in [7, 11) is 0. The molecule has 0 bridgehead atoms. The summed E-state index contributed by atoms with van der Waals surface area (Å²) in [6.07, 6.45) is 0.820. The Morgan fingerprint density at radius 2 is 1.92 bits per heavy atom. The van der Waals surface area contributed by atoms with Gasteiger partial charge in [-0.2, -0.15) is 0 Å². The highest BCUT2D eigenvalue weighted by Crippen LogP contribution is 2.43. The van der Waals surface area contributed by atoms with E-state index in [1.807, 2.05) is 44.2 Å². The van der Waals surface area contributed by atoms with Crippen molar-refractivity contribution in [3.8, 4) is 0 Å². The number of aromatic nitrogens is 1. The van der Waals surface area contributed by atoms with Crippen molar-refractivity contribution in [1.29, 1.82) is 0 Å². The third-order valence-electron chi connectivity index (χ3n) is 5.19. The van der Waals surface area contributed by atoms with Gasteiger partial charge in [0.15, 0.2) is 0 Å². The first kappa shape index (κ1) is 18.1. The van der Waals surface area contributed by atoms with Gasteiger partial charge in [0.2, 0.25) is 0 Å². The van der Waals surface area contributed by atoms with Gasteiger partial charge >= 0.3 is 11.9 Å². The second kappa shape index (κ2) is 6.90. The fourth-order valence-electron chi connectivity index (χ4n) is 3.82. The van der Waals surface area contributed by atoms with Crippen LogP contribution in [0.15, 0.2) is 30.3 Å². The molecule has 5 nitrogen and oxygen atoms in total. The van der Waals surface area contributed by atoms with Gasteiger partial charge < -0.3 is 10.2 Å². The standard InChI is InChI=1S/C21H23NO4/c1-11-4-7-16(15(8-11)9-12(2)20(23)24)18-17(21(25)26)10-14-6-5-13(3)22-19(14)18/h4-8,12,17-18H,9-10H2,1-3H3,(H,23,24)(H,25,26)/t12-,17+,18-/m0/s1. The van der Waals surface area contributed by atoms with Gasteiger partial charge in [0, 0.05) is 11.6 Å². The summed E-state index contributed by atoms with van der Waals surface area (Å²) in [6, 6.07) is 9.74. The number of rotatable bonds is 5. The highest BCUT2D eigenvalue weighted by molar-refractivity contribution is 5.75. The molecule has 3 atom stereocenters. The molecule has 0 aliphatic heterocycles. The van der Waals surface area contributed by atoms with Crippen molar-refractivity contribution in [2.24, 2.45) is 11.8 Å². The van der Waals surface area contributed by atoms with Gasteiger partial charge in [-0.1, -0.05) is 36.8 Å². The number of nitrogens with zero attached hydrogens (tertiary/aromatic N) is 1. The number of benzene rings is 1. The summed E-state index contributed by atoms with van der Waals surface area (Å²) >= 11 is 0. The first-order valence-corrected chi connectivity index (χ1v) is 8.79. The Kier molecular flexibility index (Phi) is 4.81. The van der Waals surface area contributed by atoms with Crippen molar-refractivity contribution >= 4 is 11.9 Å². The van der Waals surface area contributed by atoms with Crippen LogP contribution in [0.3, 0.4) is 0 Å². The average Bonchev–Trinajstić information content (AvgIpc) is 2.93. The lowest BCUT2D eigenvalue weighted by Crippen LogP contribution is -2.22. The number of pyridine rings is 1. The zero-order valence-corrected chi connectivity index (χ0v) is 15.2. The maximum atomic E-state index is 11.9. The smallest absolute Gasteiger partial charge is 0.307 e. The number of carboxylic acids is 2. The van der Waals surface area contributed by atoms with Gasteiger partial charge in [-0.25, -0.2) is 0 Å². The van der Waals surface area contributed by atoms with Crippen molar-refractivity contribution in [2.45, 2.75) is 39.5 Å². The van der Waals surface area contributed by atoms with Crippen LogP contribution in [0.25, 0.3) is 0 Å². The second-order valence-electron chi connectivity index (χ2n) is 7.27. The highest BCUT2D eigenvalue weighted by Gasteiger charge is 2.40. The molecule has 1 aromatic heterocycles. The number of carbonyl (C=O) groups is 2. The monoisotopic (exact) mass is 353 g/mol. The molecule has 0 amide bonds. The Morgan fingerprint density at radius 1 is 1.19 bits per heavy atom. The van der Waals surface area contributed by atoms with E-state index in [4.69, 9.17) is 0 Å². The van der Waals surface area contributed by atoms with Crippen LogP contribution in [0.5, 0.6) is 0 Å². The van der Waals surface area contributed by atoms with Crippen LogP contribution in [-0.2, 0) is 22.4 Å². The highest BCUT2D eigenvalue weighted by atomic mass is 16.4. The minimum atomic E-state index is -0.854. The van der Waals surface area contributed by atoms with Crippen molar-refractivity contribution < 1.29 is 19.8 Å². The SMILES string of the molecule is Cc1ccc([C@@H]2c3nc(C)ccc3C[C@H]2C(=O)O)c(C[C@H](C)C(=O)O)c1. The van der Waals surface area contributed by atoms with Crippen LogP contribution in [0.2, 0.25) is 0 Å². The van der Waals surface area contributed by atoms with Crippen LogP contribution in [0.4, 0.5) is 0 Å². The number of fused-ring (bicyclic) bond motifs is 1. The van der Waals surface area contributed by atoms with E-state index in [2.05, 4.69) is 4.98 Å². The number of hydrogen-bond acceptors (Lipinski definition) is 3. The fourth-order valence-corrected chi connectivity index (χ4v) is 3.82. The molecule has 0 spiro atoms. The van der Waals surface area contributed by atoms with Gasteiger partial charge in [-0.3, -0.25) is 14.6 Å². The normalized spacial score (nSPS) is 19.8. The lowest BCUT2D eigenvalue weighted by atomic mass is 9.82. The van der Waals surface area contributed by atoms with Crippen LogP contribution >= 0.6 is 0 Å². The maximum absolute atomic E-state index is 11.9. The third kappa shape index (κ3) is 3.34. The summed E-state index contributed by atoms with van der Waals surface area (Å²) in [4.78, 5) is 27.9. The van der Waals surface area contributed by atoms with E-state index >= 15 is 0 Å². The minimum absolute atomic E-state index is 0.348. The van der Waals surface area contributed by atoms with Crippen molar-refractivity contribution in [1.82, 2.24) is 4.98 Å². The molecule has 5 heteroatoms. The van der Waals surface area contributed by atoms with E-state index in [1.165, 1.54) is 0 Å². The molecule has 1 aliphatic rings. The van der Waals surface area contributed by atoms with Crippen LogP contribution in [0, 0.1) is 25.7 Å². The molecule has 0 fully saturated rings. The molecule has 1 heterocycles. The Labute approximate surface area is 152 Å². The average molecular weight is 353 g/mol. The van der Waals surface area contributed by atoms with E-state index in [0.29, 0.717) is 12.8 Å². The van der Waals surface area contributed by atoms with Crippen LogP contribution in [0.1, 0.15) is 46.5 Å². The largest absolute Gasteiger partial charge is 0.481 e. The van der Waals surface area contributed by atoms with Crippen LogP contribution < -0.4 is 0 Å². The number of aliphatic carboxylic acids is 2. The Morgan fingerprint density at radius 3 is 2.58 bits per heavy atom. The molecule has 0 saturated heterocycles. The van der Waals surface area contributed by atoms with Gasteiger partial charge in [0.05, 0.1) is 17.5 Å². The molecule has 2 N–H and O–H groups in total. The molecule has 26 heavy (non-hydrogen) atoms. The fraction of sp³-hybridized carbons (Fsp3) is 0.381. The summed E-state index contributed by atoms with van der Waals surface area (Å²) < 4.78 is 0. The van der Waals surface area contributed by atoms with Crippen molar-refractivity contribution in [3.05, 3.63) is 64.0 Å². The Bertz CT molecular complexity index is 874. The van der Waals surface area contributed by atoms with E-state index in [0.717, 1.165) is 33.6 Å². The predicted molar refractivity (Wildman–Crippen MR) is 97.3 cm³/mol.